The Kier molecular flexibility index (Phi) is 5.73. The lowest BCUT2D eigenvalue weighted by atomic mass is 9.85. The van der Waals surface area contributed by atoms with Gasteiger partial charge in [-0.25, -0.2) is 0 Å². The number of hydrogen-bond acceptors (Lipinski definition) is 1. The Morgan fingerprint density at radius 1 is 1.00 bits per heavy atom. The van der Waals surface area contributed by atoms with Crippen molar-refractivity contribution in [3.63, 3.8) is 0 Å². The summed E-state index contributed by atoms with van der Waals surface area (Å²) in [4.78, 5) is 0. The van der Waals surface area contributed by atoms with E-state index in [1.807, 2.05) is 12.1 Å². The Bertz CT molecular complexity index is 419. The molecule has 3 heteroatoms. The van der Waals surface area contributed by atoms with E-state index in [0.29, 0.717) is 10.0 Å². The molecule has 1 rings (SSSR count). The van der Waals surface area contributed by atoms with Crippen molar-refractivity contribution in [3.8, 4) is 0 Å². The molecule has 0 saturated heterocycles. The normalized spacial score (nSPS) is 12.8. The zero-order valence-electron chi connectivity index (χ0n) is 12.6. The molecule has 0 saturated carbocycles. The molecule has 0 aliphatic heterocycles. The maximum atomic E-state index is 6.04. The van der Waals surface area contributed by atoms with Gasteiger partial charge in [0, 0.05) is 12.1 Å². The van der Waals surface area contributed by atoms with Gasteiger partial charge in [-0.1, -0.05) is 43.1 Å². The van der Waals surface area contributed by atoms with Crippen molar-refractivity contribution >= 4 is 23.2 Å². The van der Waals surface area contributed by atoms with Crippen LogP contribution in [0.5, 0.6) is 0 Å². The van der Waals surface area contributed by atoms with Crippen LogP contribution in [-0.2, 0) is 6.42 Å². The second kappa shape index (κ2) is 6.47. The quantitative estimate of drug-likeness (QED) is 0.774. The van der Waals surface area contributed by atoms with Gasteiger partial charge in [0.1, 0.15) is 0 Å². The van der Waals surface area contributed by atoms with Crippen molar-refractivity contribution in [2.45, 2.75) is 53.0 Å². The van der Waals surface area contributed by atoms with E-state index in [0.717, 1.165) is 19.4 Å². The molecule has 0 fully saturated rings. The van der Waals surface area contributed by atoms with Crippen molar-refractivity contribution in [1.82, 2.24) is 5.32 Å². The fourth-order valence-corrected chi connectivity index (χ4v) is 2.09. The fraction of sp³-hybridized carbons (Fsp3) is 0.625. The maximum absolute atomic E-state index is 6.04. The SMILES string of the molecule is CC(C)(CCc1ccc(Cl)c(Cl)c1)CNC(C)(C)C. The van der Waals surface area contributed by atoms with Crippen molar-refractivity contribution in [3.05, 3.63) is 33.8 Å². The summed E-state index contributed by atoms with van der Waals surface area (Å²) < 4.78 is 0. The fourth-order valence-electron chi connectivity index (χ4n) is 1.77. The third kappa shape index (κ3) is 6.65. The molecule has 0 atom stereocenters. The van der Waals surface area contributed by atoms with E-state index in [1.165, 1.54) is 5.56 Å². The minimum absolute atomic E-state index is 0.168. The van der Waals surface area contributed by atoms with Gasteiger partial charge in [-0.2, -0.15) is 0 Å². The summed E-state index contributed by atoms with van der Waals surface area (Å²) in [6.07, 6.45) is 2.14. The number of nitrogens with one attached hydrogen (secondary N) is 1. The smallest absolute Gasteiger partial charge is 0.0595 e. The first-order valence-corrected chi connectivity index (χ1v) is 7.54. The summed E-state index contributed by atoms with van der Waals surface area (Å²) in [5, 5.41) is 4.84. The van der Waals surface area contributed by atoms with Crippen LogP contribution in [0.25, 0.3) is 0 Å². The van der Waals surface area contributed by atoms with Gasteiger partial charge in [-0.05, 0) is 56.7 Å². The maximum Gasteiger partial charge on any atom is 0.0595 e. The van der Waals surface area contributed by atoms with Crippen LogP contribution >= 0.6 is 23.2 Å². The lowest BCUT2D eigenvalue weighted by Gasteiger charge is -2.30. The van der Waals surface area contributed by atoms with Crippen LogP contribution in [0.2, 0.25) is 10.0 Å². The van der Waals surface area contributed by atoms with Gasteiger partial charge < -0.3 is 5.32 Å². The molecule has 108 valence electrons. The lowest BCUT2D eigenvalue weighted by molar-refractivity contribution is 0.273. The zero-order chi connectivity index (χ0) is 14.7. The first-order chi connectivity index (χ1) is 8.59. The summed E-state index contributed by atoms with van der Waals surface area (Å²) in [5.41, 5.74) is 1.68. The summed E-state index contributed by atoms with van der Waals surface area (Å²) in [6.45, 7) is 12.2. The van der Waals surface area contributed by atoms with E-state index in [9.17, 15) is 0 Å². The van der Waals surface area contributed by atoms with Gasteiger partial charge in [0.25, 0.3) is 0 Å². The minimum atomic E-state index is 0.168. The van der Waals surface area contributed by atoms with Crippen molar-refractivity contribution in [2.24, 2.45) is 5.41 Å². The van der Waals surface area contributed by atoms with Crippen LogP contribution in [0, 0.1) is 5.41 Å². The molecule has 0 bridgehead atoms. The van der Waals surface area contributed by atoms with Crippen LogP contribution < -0.4 is 5.32 Å². The van der Waals surface area contributed by atoms with E-state index in [4.69, 9.17) is 23.2 Å². The van der Waals surface area contributed by atoms with Crippen LogP contribution in [-0.4, -0.2) is 12.1 Å². The Labute approximate surface area is 127 Å². The minimum Gasteiger partial charge on any atom is -0.312 e. The Morgan fingerprint density at radius 3 is 2.16 bits per heavy atom. The van der Waals surface area contributed by atoms with Crippen LogP contribution in [0.4, 0.5) is 0 Å². The van der Waals surface area contributed by atoms with Gasteiger partial charge in [-0.3, -0.25) is 0 Å². The highest BCUT2D eigenvalue weighted by Gasteiger charge is 2.20. The van der Waals surface area contributed by atoms with E-state index >= 15 is 0 Å². The monoisotopic (exact) mass is 301 g/mol. The molecule has 0 amide bonds. The Hall–Kier alpha value is -0.240. The second-order valence-electron chi connectivity index (χ2n) is 7.02. The summed E-state index contributed by atoms with van der Waals surface area (Å²) >= 11 is 12.0. The number of benzene rings is 1. The van der Waals surface area contributed by atoms with Gasteiger partial charge in [0.15, 0.2) is 0 Å². The number of halogens is 2. The third-order valence-electron chi connectivity index (χ3n) is 3.17. The van der Waals surface area contributed by atoms with Crippen LogP contribution in [0.3, 0.4) is 0 Å². The second-order valence-corrected chi connectivity index (χ2v) is 7.83. The molecule has 1 aromatic carbocycles. The molecule has 19 heavy (non-hydrogen) atoms. The zero-order valence-corrected chi connectivity index (χ0v) is 14.1. The highest BCUT2D eigenvalue weighted by atomic mass is 35.5. The van der Waals surface area contributed by atoms with E-state index < -0.39 is 0 Å². The van der Waals surface area contributed by atoms with E-state index in [-0.39, 0.29) is 11.0 Å². The predicted octanol–water partition coefficient (Wildman–Crippen LogP) is 5.34. The molecule has 0 heterocycles. The number of hydrogen-bond donors (Lipinski definition) is 1. The van der Waals surface area contributed by atoms with Crippen molar-refractivity contribution < 1.29 is 0 Å². The molecular weight excluding hydrogens is 277 g/mol. The first-order valence-electron chi connectivity index (χ1n) is 6.78. The average molecular weight is 302 g/mol. The molecule has 0 spiro atoms. The van der Waals surface area contributed by atoms with Crippen LogP contribution in [0.1, 0.15) is 46.6 Å². The van der Waals surface area contributed by atoms with Gasteiger partial charge in [0.05, 0.1) is 10.0 Å². The van der Waals surface area contributed by atoms with E-state index in [2.05, 4.69) is 46.0 Å². The topological polar surface area (TPSA) is 12.0 Å². The predicted molar refractivity (Wildman–Crippen MR) is 86.3 cm³/mol. The van der Waals surface area contributed by atoms with Gasteiger partial charge in [0.2, 0.25) is 0 Å². The van der Waals surface area contributed by atoms with Crippen molar-refractivity contribution in [2.75, 3.05) is 6.54 Å². The molecular formula is C16H25Cl2N. The lowest BCUT2D eigenvalue weighted by Crippen LogP contribution is -2.42. The number of aryl methyl sites for hydroxylation is 1. The largest absolute Gasteiger partial charge is 0.312 e. The molecule has 0 unspecified atom stereocenters. The first kappa shape index (κ1) is 16.8. The molecule has 1 aromatic rings. The molecule has 0 aliphatic carbocycles. The van der Waals surface area contributed by atoms with Gasteiger partial charge >= 0.3 is 0 Å². The molecule has 0 aliphatic rings. The standard InChI is InChI=1S/C16H25Cl2N/c1-15(2,3)19-11-16(4,5)9-8-12-6-7-13(17)14(18)10-12/h6-7,10,19H,8-9,11H2,1-5H3. The highest BCUT2D eigenvalue weighted by Crippen LogP contribution is 2.26. The average Bonchev–Trinajstić information content (AvgIpc) is 2.28. The summed E-state index contributed by atoms with van der Waals surface area (Å²) in [7, 11) is 0. The molecule has 0 radical (unpaired) electrons. The number of rotatable bonds is 5. The summed E-state index contributed by atoms with van der Waals surface area (Å²) in [5.74, 6) is 0. The van der Waals surface area contributed by atoms with Crippen molar-refractivity contribution in [1.29, 1.82) is 0 Å². The Morgan fingerprint density at radius 2 is 1.63 bits per heavy atom. The van der Waals surface area contributed by atoms with Crippen LogP contribution in [0.15, 0.2) is 18.2 Å². The molecule has 0 aromatic heterocycles. The summed E-state index contributed by atoms with van der Waals surface area (Å²) in [6, 6.07) is 5.90. The van der Waals surface area contributed by atoms with Gasteiger partial charge in [-0.15, -0.1) is 0 Å². The molecule has 1 N–H and O–H groups in total. The highest BCUT2D eigenvalue weighted by molar-refractivity contribution is 6.42. The van der Waals surface area contributed by atoms with E-state index in [1.54, 1.807) is 0 Å². The Balaban J connectivity index is 2.52. The third-order valence-corrected chi connectivity index (χ3v) is 3.91. The molecule has 1 nitrogen and oxygen atoms in total.